The summed E-state index contributed by atoms with van der Waals surface area (Å²) in [6, 6.07) is 2.08. The van der Waals surface area contributed by atoms with Crippen LogP contribution in [0.25, 0.3) is 0 Å². The molecule has 1 fully saturated rings. The number of amides is 1. The highest BCUT2D eigenvalue weighted by Gasteiger charge is 2.24. The minimum absolute atomic E-state index is 0.0464. The van der Waals surface area contributed by atoms with Crippen molar-refractivity contribution in [3.63, 3.8) is 0 Å². The maximum absolute atomic E-state index is 12.4. The lowest BCUT2D eigenvalue weighted by Gasteiger charge is -2.28. The summed E-state index contributed by atoms with van der Waals surface area (Å²) >= 11 is 5.27. The fourth-order valence-corrected chi connectivity index (χ4v) is 3.72. The van der Waals surface area contributed by atoms with Crippen LogP contribution in [0.1, 0.15) is 36.0 Å². The zero-order valence-electron chi connectivity index (χ0n) is 11.8. The van der Waals surface area contributed by atoms with Crippen LogP contribution in [0.3, 0.4) is 0 Å². The standard InChI is InChI=1S/C14H20BrN3OS/c1-16-13-12(6-9(15)8-17-13)14(19)18-10-4-3-5-11(7-10)20-2/h6,8,10-11H,3-5,7H2,1-2H3,(H,16,17)(H,18,19). The van der Waals surface area contributed by atoms with Crippen LogP contribution in [0.4, 0.5) is 5.82 Å². The number of anilines is 1. The normalized spacial score (nSPS) is 22.4. The molecule has 1 amide bonds. The summed E-state index contributed by atoms with van der Waals surface area (Å²) in [5.74, 6) is 0.567. The van der Waals surface area contributed by atoms with E-state index in [1.807, 2.05) is 17.8 Å². The van der Waals surface area contributed by atoms with E-state index >= 15 is 0 Å². The zero-order valence-corrected chi connectivity index (χ0v) is 14.2. The van der Waals surface area contributed by atoms with E-state index in [1.54, 1.807) is 13.2 Å². The van der Waals surface area contributed by atoms with Gasteiger partial charge in [-0.15, -0.1) is 0 Å². The predicted octanol–water partition coefficient (Wildman–Crippen LogP) is 3.29. The van der Waals surface area contributed by atoms with E-state index in [-0.39, 0.29) is 11.9 Å². The van der Waals surface area contributed by atoms with Gasteiger partial charge in [0.2, 0.25) is 0 Å². The van der Waals surface area contributed by atoms with E-state index in [4.69, 9.17) is 0 Å². The van der Waals surface area contributed by atoms with Crippen molar-refractivity contribution < 1.29 is 4.79 Å². The van der Waals surface area contributed by atoms with Crippen LogP contribution in [0.15, 0.2) is 16.7 Å². The van der Waals surface area contributed by atoms with E-state index in [0.717, 1.165) is 17.3 Å². The minimum atomic E-state index is -0.0464. The maximum Gasteiger partial charge on any atom is 0.255 e. The Morgan fingerprint density at radius 2 is 2.30 bits per heavy atom. The number of halogens is 1. The van der Waals surface area contributed by atoms with Gasteiger partial charge in [0, 0.05) is 29.0 Å². The van der Waals surface area contributed by atoms with Gasteiger partial charge in [0.25, 0.3) is 5.91 Å². The summed E-state index contributed by atoms with van der Waals surface area (Å²) in [5.41, 5.74) is 0.591. The first-order valence-electron chi connectivity index (χ1n) is 6.81. The first-order chi connectivity index (χ1) is 9.63. The van der Waals surface area contributed by atoms with Crippen molar-refractivity contribution in [3.8, 4) is 0 Å². The lowest BCUT2D eigenvalue weighted by Crippen LogP contribution is -2.39. The number of carbonyl (C=O) groups excluding carboxylic acids is 1. The van der Waals surface area contributed by atoms with Crippen LogP contribution in [0.5, 0.6) is 0 Å². The maximum atomic E-state index is 12.4. The second kappa shape index (κ2) is 7.31. The second-order valence-electron chi connectivity index (χ2n) is 4.99. The van der Waals surface area contributed by atoms with Crippen LogP contribution in [-0.4, -0.2) is 35.5 Å². The number of pyridine rings is 1. The van der Waals surface area contributed by atoms with Crippen LogP contribution in [-0.2, 0) is 0 Å². The van der Waals surface area contributed by atoms with Gasteiger partial charge in [-0.3, -0.25) is 4.79 Å². The Balaban J connectivity index is 2.06. The highest BCUT2D eigenvalue weighted by Crippen LogP contribution is 2.27. The lowest BCUT2D eigenvalue weighted by molar-refractivity contribution is 0.0929. The molecule has 110 valence electrons. The van der Waals surface area contributed by atoms with Gasteiger partial charge in [0.05, 0.1) is 5.56 Å². The number of thioether (sulfide) groups is 1. The molecule has 0 saturated heterocycles. The summed E-state index contributed by atoms with van der Waals surface area (Å²) in [7, 11) is 1.78. The van der Waals surface area contributed by atoms with E-state index in [9.17, 15) is 4.79 Å². The first-order valence-corrected chi connectivity index (χ1v) is 8.89. The van der Waals surface area contributed by atoms with E-state index < -0.39 is 0 Å². The number of aromatic nitrogens is 1. The summed E-state index contributed by atoms with van der Waals surface area (Å²) < 4.78 is 0.812. The molecule has 20 heavy (non-hydrogen) atoms. The number of carbonyl (C=O) groups is 1. The smallest absolute Gasteiger partial charge is 0.255 e. The Morgan fingerprint density at radius 3 is 3.00 bits per heavy atom. The third kappa shape index (κ3) is 3.88. The molecule has 2 unspecified atom stereocenters. The molecule has 1 aliphatic carbocycles. The van der Waals surface area contributed by atoms with Crippen molar-refractivity contribution in [2.24, 2.45) is 0 Å². The first kappa shape index (κ1) is 15.6. The van der Waals surface area contributed by atoms with E-state index in [2.05, 4.69) is 37.8 Å². The average Bonchev–Trinajstić information content (AvgIpc) is 2.47. The monoisotopic (exact) mass is 357 g/mol. The Labute approximate surface area is 132 Å². The molecule has 1 aromatic heterocycles. The van der Waals surface area contributed by atoms with Gasteiger partial charge in [0.15, 0.2) is 0 Å². The van der Waals surface area contributed by atoms with Gasteiger partial charge < -0.3 is 10.6 Å². The van der Waals surface area contributed by atoms with Crippen molar-refractivity contribution in [1.29, 1.82) is 0 Å². The molecule has 1 saturated carbocycles. The molecule has 1 heterocycles. The van der Waals surface area contributed by atoms with Crippen molar-refractivity contribution in [2.45, 2.75) is 37.0 Å². The Bertz CT molecular complexity index is 483. The van der Waals surface area contributed by atoms with Gasteiger partial charge in [-0.25, -0.2) is 4.98 Å². The Hall–Kier alpha value is -0.750. The van der Waals surface area contributed by atoms with E-state index in [0.29, 0.717) is 16.6 Å². The molecule has 2 atom stereocenters. The van der Waals surface area contributed by atoms with Crippen molar-refractivity contribution >= 4 is 39.4 Å². The van der Waals surface area contributed by atoms with Crippen molar-refractivity contribution in [1.82, 2.24) is 10.3 Å². The average molecular weight is 358 g/mol. The molecule has 0 bridgehead atoms. The van der Waals surface area contributed by atoms with Crippen LogP contribution < -0.4 is 10.6 Å². The van der Waals surface area contributed by atoms with Crippen LogP contribution >= 0.6 is 27.7 Å². The van der Waals surface area contributed by atoms with Gasteiger partial charge >= 0.3 is 0 Å². The molecule has 0 aromatic carbocycles. The van der Waals surface area contributed by atoms with Gasteiger partial charge in [-0.05, 0) is 47.5 Å². The van der Waals surface area contributed by atoms with Gasteiger partial charge in [0.1, 0.15) is 5.82 Å². The minimum Gasteiger partial charge on any atom is -0.372 e. The highest BCUT2D eigenvalue weighted by atomic mass is 79.9. The molecule has 2 rings (SSSR count). The number of nitrogens with one attached hydrogen (secondary N) is 2. The Kier molecular flexibility index (Phi) is 5.72. The Morgan fingerprint density at radius 1 is 1.50 bits per heavy atom. The van der Waals surface area contributed by atoms with Crippen molar-refractivity contribution in [2.75, 3.05) is 18.6 Å². The molecule has 1 aliphatic rings. The number of rotatable bonds is 4. The third-order valence-corrected chi connectivity index (χ3v) is 5.16. The zero-order chi connectivity index (χ0) is 14.5. The molecule has 0 aliphatic heterocycles. The van der Waals surface area contributed by atoms with Gasteiger partial charge in [-0.1, -0.05) is 6.42 Å². The van der Waals surface area contributed by atoms with Crippen LogP contribution in [0, 0.1) is 0 Å². The molecular formula is C14H20BrN3OS. The molecular weight excluding hydrogens is 338 g/mol. The molecule has 0 radical (unpaired) electrons. The molecule has 1 aromatic rings. The number of hydrogen-bond acceptors (Lipinski definition) is 4. The lowest BCUT2D eigenvalue weighted by atomic mass is 9.94. The molecule has 6 heteroatoms. The fraction of sp³-hybridized carbons (Fsp3) is 0.571. The summed E-state index contributed by atoms with van der Waals surface area (Å²) in [6.07, 6.45) is 8.40. The SMILES string of the molecule is CNc1ncc(Br)cc1C(=O)NC1CCCC(SC)C1. The summed E-state index contributed by atoms with van der Waals surface area (Å²) in [5, 5.41) is 6.78. The molecule has 4 nitrogen and oxygen atoms in total. The summed E-state index contributed by atoms with van der Waals surface area (Å²) in [4.78, 5) is 16.6. The van der Waals surface area contributed by atoms with E-state index in [1.165, 1.54) is 12.8 Å². The quantitative estimate of drug-likeness (QED) is 0.867. The largest absolute Gasteiger partial charge is 0.372 e. The van der Waals surface area contributed by atoms with Gasteiger partial charge in [-0.2, -0.15) is 11.8 Å². The number of hydrogen-bond donors (Lipinski definition) is 2. The molecule has 0 spiro atoms. The van der Waals surface area contributed by atoms with Crippen LogP contribution in [0.2, 0.25) is 0 Å². The topological polar surface area (TPSA) is 54.0 Å². The number of nitrogens with zero attached hydrogens (tertiary/aromatic N) is 1. The highest BCUT2D eigenvalue weighted by molar-refractivity contribution is 9.10. The second-order valence-corrected chi connectivity index (χ2v) is 7.05. The van der Waals surface area contributed by atoms with Crippen molar-refractivity contribution in [3.05, 3.63) is 22.3 Å². The predicted molar refractivity (Wildman–Crippen MR) is 88.5 cm³/mol. The third-order valence-electron chi connectivity index (χ3n) is 3.63. The fourth-order valence-electron chi connectivity index (χ4n) is 2.56. The molecule has 2 N–H and O–H groups in total. The summed E-state index contributed by atoms with van der Waals surface area (Å²) in [6.45, 7) is 0.